The molecule has 2 amide bonds. The van der Waals surface area contributed by atoms with E-state index in [1.54, 1.807) is 19.5 Å². The molecule has 0 unspecified atom stereocenters. The number of aryl methyl sites for hydroxylation is 1. The number of aromatic nitrogens is 1. The number of anilines is 1. The van der Waals surface area contributed by atoms with Crippen molar-refractivity contribution in [1.82, 2.24) is 9.88 Å². The molecule has 0 aliphatic carbocycles. The van der Waals surface area contributed by atoms with Crippen LogP contribution in [0.1, 0.15) is 11.1 Å². The van der Waals surface area contributed by atoms with Crippen LogP contribution in [0.25, 0.3) is 11.1 Å². The summed E-state index contributed by atoms with van der Waals surface area (Å²) in [6, 6.07) is 18.1. The van der Waals surface area contributed by atoms with Crippen molar-refractivity contribution in [1.29, 1.82) is 0 Å². The summed E-state index contributed by atoms with van der Waals surface area (Å²) in [6.07, 6.45) is 3.52. The molecule has 5 heteroatoms. The van der Waals surface area contributed by atoms with Crippen molar-refractivity contribution in [3.63, 3.8) is 0 Å². The monoisotopic (exact) mass is 373 g/mol. The van der Waals surface area contributed by atoms with Gasteiger partial charge in [0.15, 0.2) is 0 Å². The van der Waals surface area contributed by atoms with Gasteiger partial charge in [-0.25, -0.2) is 4.79 Å². The Hall–Kier alpha value is -3.34. The van der Waals surface area contributed by atoms with Crippen molar-refractivity contribution in [3.05, 3.63) is 78.1 Å². The Morgan fingerprint density at radius 2 is 1.86 bits per heavy atom. The third-order valence-corrected chi connectivity index (χ3v) is 5.04. The number of nitrogens with zero attached hydrogens (tertiary/aromatic N) is 3. The molecule has 0 N–H and O–H groups in total. The molecule has 1 saturated heterocycles. The SMILES string of the molecule is COc1cc(N2CCN(Cc3cccc(C)c3)C2=O)ccc1-c1ccncc1. The Morgan fingerprint density at radius 3 is 2.61 bits per heavy atom. The highest BCUT2D eigenvalue weighted by Crippen LogP contribution is 2.34. The minimum absolute atomic E-state index is 0.0280. The fraction of sp³-hybridized carbons (Fsp3) is 0.217. The lowest BCUT2D eigenvalue weighted by Gasteiger charge is -2.20. The van der Waals surface area contributed by atoms with Crippen molar-refractivity contribution in [2.24, 2.45) is 0 Å². The van der Waals surface area contributed by atoms with Crippen LogP contribution in [0.5, 0.6) is 5.75 Å². The molecule has 2 aromatic carbocycles. The normalized spacial score (nSPS) is 13.9. The number of methoxy groups -OCH3 is 1. The highest BCUT2D eigenvalue weighted by molar-refractivity contribution is 5.95. The van der Waals surface area contributed by atoms with E-state index in [1.165, 1.54) is 5.56 Å². The summed E-state index contributed by atoms with van der Waals surface area (Å²) in [5, 5.41) is 0. The van der Waals surface area contributed by atoms with Crippen molar-refractivity contribution >= 4 is 11.7 Å². The highest BCUT2D eigenvalue weighted by atomic mass is 16.5. The number of carbonyl (C=O) groups excluding carboxylic acids is 1. The van der Waals surface area contributed by atoms with E-state index < -0.39 is 0 Å². The van der Waals surface area contributed by atoms with Crippen LogP contribution < -0.4 is 9.64 Å². The molecule has 0 atom stereocenters. The molecular weight excluding hydrogens is 350 g/mol. The van der Waals surface area contributed by atoms with E-state index in [0.29, 0.717) is 19.6 Å². The third-order valence-electron chi connectivity index (χ3n) is 5.04. The predicted molar refractivity (Wildman–Crippen MR) is 111 cm³/mol. The summed E-state index contributed by atoms with van der Waals surface area (Å²) in [7, 11) is 1.65. The molecule has 28 heavy (non-hydrogen) atoms. The van der Waals surface area contributed by atoms with E-state index in [9.17, 15) is 4.79 Å². The number of benzene rings is 2. The minimum Gasteiger partial charge on any atom is -0.496 e. The van der Waals surface area contributed by atoms with Gasteiger partial charge >= 0.3 is 6.03 Å². The largest absolute Gasteiger partial charge is 0.496 e. The molecule has 1 aromatic heterocycles. The fourth-order valence-corrected chi connectivity index (χ4v) is 3.62. The maximum atomic E-state index is 13.0. The molecule has 1 fully saturated rings. The van der Waals surface area contributed by atoms with E-state index in [-0.39, 0.29) is 6.03 Å². The summed E-state index contributed by atoms with van der Waals surface area (Å²) < 4.78 is 5.60. The van der Waals surface area contributed by atoms with Gasteiger partial charge in [-0.05, 0) is 42.3 Å². The molecule has 0 spiro atoms. The number of hydrogen-bond acceptors (Lipinski definition) is 3. The van der Waals surface area contributed by atoms with Crippen LogP contribution in [-0.4, -0.2) is 36.1 Å². The van der Waals surface area contributed by atoms with Gasteiger partial charge in [-0.3, -0.25) is 9.88 Å². The van der Waals surface area contributed by atoms with Gasteiger partial charge in [-0.1, -0.05) is 29.8 Å². The van der Waals surface area contributed by atoms with Crippen molar-refractivity contribution in [2.45, 2.75) is 13.5 Å². The Labute approximate surface area is 165 Å². The topological polar surface area (TPSA) is 45.7 Å². The van der Waals surface area contributed by atoms with Gasteiger partial charge in [-0.2, -0.15) is 0 Å². The molecule has 2 heterocycles. The van der Waals surface area contributed by atoms with Gasteiger partial charge in [0.05, 0.1) is 7.11 Å². The molecule has 3 aromatic rings. The predicted octanol–water partition coefficient (Wildman–Crippen LogP) is 4.51. The van der Waals surface area contributed by atoms with E-state index >= 15 is 0 Å². The van der Waals surface area contributed by atoms with Gasteiger partial charge in [0, 0.05) is 49.3 Å². The van der Waals surface area contributed by atoms with Gasteiger partial charge < -0.3 is 9.64 Å². The Morgan fingerprint density at radius 1 is 1.04 bits per heavy atom. The second kappa shape index (κ2) is 7.72. The van der Waals surface area contributed by atoms with Crippen molar-refractivity contribution in [2.75, 3.05) is 25.1 Å². The molecule has 0 bridgehead atoms. The van der Waals surface area contributed by atoms with Gasteiger partial charge in [0.25, 0.3) is 0 Å². The zero-order valence-electron chi connectivity index (χ0n) is 16.1. The standard InChI is InChI=1S/C23H23N3O2/c1-17-4-3-5-18(14-17)16-25-12-13-26(23(25)27)20-6-7-21(22(15-20)28-2)19-8-10-24-11-9-19/h3-11,14-15H,12-13,16H2,1-2H3. The van der Waals surface area contributed by atoms with Crippen LogP contribution in [-0.2, 0) is 6.54 Å². The van der Waals surface area contributed by atoms with Gasteiger partial charge in [-0.15, -0.1) is 0 Å². The lowest BCUT2D eigenvalue weighted by atomic mass is 10.1. The molecule has 4 rings (SSSR count). The number of ether oxygens (including phenoxy) is 1. The highest BCUT2D eigenvalue weighted by Gasteiger charge is 2.30. The van der Waals surface area contributed by atoms with Gasteiger partial charge in [0.1, 0.15) is 5.75 Å². The molecular formula is C23H23N3O2. The lowest BCUT2D eigenvalue weighted by molar-refractivity contribution is 0.219. The van der Waals surface area contributed by atoms with E-state index in [1.807, 2.05) is 46.2 Å². The Balaban J connectivity index is 1.55. The van der Waals surface area contributed by atoms with E-state index in [4.69, 9.17) is 4.74 Å². The van der Waals surface area contributed by atoms with Crippen LogP contribution in [0.15, 0.2) is 67.0 Å². The Kier molecular flexibility index (Phi) is 4.98. The van der Waals surface area contributed by atoms with Gasteiger partial charge in [0.2, 0.25) is 0 Å². The number of hydrogen-bond donors (Lipinski definition) is 0. The second-order valence-electron chi connectivity index (χ2n) is 6.97. The zero-order chi connectivity index (χ0) is 19.5. The molecule has 142 valence electrons. The van der Waals surface area contributed by atoms with Crippen molar-refractivity contribution < 1.29 is 9.53 Å². The number of carbonyl (C=O) groups is 1. The maximum absolute atomic E-state index is 13.0. The summed E-state index contributed by atoms with van der Waals surface area (Å²) in [5.74, 6) is 0.744. The van der Waals surface area contributed by atoms with Crippen LogP contribution in [0.4, 0.5) is 10.5 Å². The minimum atomic E-state index is 0.0280. The fourth-order valence-electron chi connectivity index (χ4n) is 3.62. The summed E-state index contributed by atoms with van der Waals surface area (Å²) in [6.45, 7) is 4.07. The Bertz CT molecular complexity index is 988. The number of pyridine rings is 1. The zero-order valence-corrected chi connectivity index (χ0v) is 16.1. The third kappa shape index (κ3) is 3.56. The first-order valence-corrected chi connectivity index (χ1v) is 9.36. The van der Waals surface area contributed by atoms with Crippen molar-refractivity contribution in [3.8, 4) is 16.9 Å². The van der Waals surface area contributed by atoms with E-state index in [2.05, 4.69) is 30.1 Å². The average molecular weight is 373 g/mol. The van der Waals surface area contributed by atoms with E-state index in [0.717, 1.165) is 28.1 Å². The maximum Gasteiger partial charge on any atom is 0.324 e. The van der Waals surface area contributed by atoms with Crippen LogP contribution >= 0.6 is 0 Å². The first kappa shape index (κ1) is 18.0. The molecule has 1 aliphatic rings. The smallest absolute Gasteiger partial charge is 0.324 e. The molecule has 0 saturated carbocycles. The first-order chi connectivity index (χ1) is 13.7. The second-order valence-corrected chi connectivity index (χ2v) is 6.97. The number of amides is 2. The molecule has 0 radical (unpaired) electrons. The lowest BCUT2D eigenvalue weighted by Crippen LogP contribution is -2.31. The molecule has 1 aliphatic heterocycles. The summed E-state index contributed by atoms with van der Waals surface area (Å²) in [4.78, 5) is 20.7. The number of rotatable bonds is 5. The van der Waals surface area contributed by atoms with Crippen LogP contribution in [0.3, 0.4) is 0 Å². The van der Waals surface area contributed by atoms with Crippen LogP contribution in [0.2, 0.25) is 0 Å². The quantitative estimate of drug-likeness (QED) is 0.661. The molecule has 5 nitrogen and oxygen atoms in total. The van der Waals surface area contributed by atoms with Crippen LogP contribution in [0, 0.1) is 6.92 Å². The number of urea groups is 1. The summed E-state index contributed by atoms with van der Waals surface area (Å²) in [5.41, 5.74) is 5.23. The average Bonchev–Trinajstić information content (AvgIpc) is 3.08. The first-order valence-electron chi connectivity index (χ1n) is 9.36. The summed E-state index contributed by atoms with van der Waals surface area (Å²) >= 11 is 0.